The molecule has 0 aromatic heterocycles. The number of aryl methyl sites for hydroxylation is 1. The smallest absolute Gasteiger partial charge is 0.261 e. The van der Waals surface area contributed by atoms with Gasteiger partial charge in [0.2, 0.25) is 0 Å². The van der Waals surface area contributed by atoms with Crippen molar-refractivity contribution in [3.05, 3.63) is 65.2 Å². The quantitative estimate of drug-likeness (QED) is 0.686. The highest BCUT2D eigenvalue weighted by Crippen LogP contribution is 2.15. The van der Waals surface area contributed by atoms with E-state index >= 15 is 0 Å². The van der Waals surface area contributed by atoms with Gasteiger partial charge < -0.3 is 0 Å². The minimum absolute atomic E-state index is 0.178. The zero-order valence-electron chi connectivity index (χ0n) is 10.4. The second-order valence-electron chi connectivity index (χ2n) is 4.09. The van der Waals surface area contributed by atoms with Gasteiger partial charge in [0.15, 0.2) is 0 Å². The largest absolute Gasteiger partial charge is 0.298 e. The van der Waals surface area contributed by atoms with E-state index < -0.39 is 0 Å². The van der Waals surface area contributed by atoms with Gasteiger partial charge in [0, 0.05) is 16.0 Å². The Labute approximate surface area is 116 Å². The van der Waals surface area contributed by atoms with Crippen LogP contribution in [0.15, 0.2) is 53.4 Å². The van der Waals surface area contributed by atoms with Crippen LogP contribution < -0.4 is 4.72 Å². The molecule has 4 heteroatoms. The lowest BCUT2D eigenvalue weighted by atomic mass is 10.1. The molecule has 1 amide bonds. The summed E-state index contributed by atoms with van der Waals surface area (Å²) in [6.45, 7) is 2.02. The van der Waals surface area contributed by atoms with Gasteiger partial charge in [-0.1, -0.05) is 29.8 Å². The third-order valence-electron chi connectivity index (χ3n) is 2.59. The van der Waals surface area contributed by atoms with Gasteiger partial charge >= 0.3 is 0 Å². The van der Waals surface area contributed by atoms with Gasteiger partial charge in [-0.15, -0.1) is 0 Å². The van der Waals surface area contributed by atoms with Crippen LogP contribution in [-0.2, 0) is 0 Å². The first kappa shape index (κ1) is 13.4. The van der Waals surface area contributed by atoms with Crippen molar-refractivity contribution in [2.45, 2.75) is 11.8 Å². The maximum atomic E-state index is 11.9. The Balaban J connectivity index is 1.96. The Morgan fingerprint density at radius 2 is 1.68 bits per heavy atom. The highest BCUT2D eigenvalue weighted by atomic mass is 32.2. The fraction of sp³-hybridized carbons (Fsp3) is 0.0667. The fourth-order valence-electron chi connectivity index (χ4n) is 1.48. The number of benzene rings is 2. The molecule has 0 aliphatic carbocycles. The molecule has 0 spiro atoms. The molecule has 0 aliphatic heterocycles. The molecule has 0 heterocycles. The Morgan fingerprint density at radius 3 is 2.26 bits per heavy atom. The average molecular weight is 271 g/mol. The first-order chi connectivity index (χ1) is 9.19. The van der Waals surface area contributed by atoms with Crippen molar-refractivity contribution in [1.82, 2.24) is 4.72 Å². The molecule has 0 saturated carbocycles. The van der Waals surface area contributed by atoms with Gasteiger partial charge in [0.05, 0.1) is 0 Å². The molecule has 2 aromatic rings. The molecular weight excluding hydrogens is 258 g/mol. The molecule has 19 heavy (non-hydrogen) atoms. The second kappa shape index (κ2) is 6.20. The number of nitrogens with one attached hydrogen (secondary N) is 1. The van der Waals surface area contributed by atoms with Crippen molar-refractivity contribution >= 4 is 24.1 Å². The summed E-state index contributed by atoms with van der Waals surface area (Å²) in [5, 5.41) is 0. The van der Waals surface area contributed by atoms with Gasteiger partial charge in [-0.25, -0.2) is 0 Å². The average Bonchev–Trinajstić information content (AvgIpc) is 2.46. The Morgan fingerprint density at radius 1 is 1.05 bits per heavy atom. The van der Waals surface area contributed by atoms with Gasteiger partial charge in [0.1, 0.15) is 6.29 Å². The third-order valence-corrected chi connectivity index (χ3v) is 3.39. The van der Waals surface area contributed by atoms with Crippen LogP contribution >= 0.6 is 11.9 Å². The minimum atomic E-state index is -0.178. The molecule has 2 rings (SSSR count). The van der Waals surface area contributed by atoms with Crippen molar-refractivity contribution in [3.63, 3.8) is 0 Å². The topological polar surface area (TPSA) is 46.2 Å². The van der Waals surface area contributed by atoms with E-state index in [1.807, 2.05) is 31.2 Å². The van der Waals surface area contributed by atoms with Crippen molar-refractivity contribution in [3.8, 4) is 0 Å². The van der Waals surface area contributed by atoms with Crippen LogP contribution in [0.2, 0.25) is 0 Å². The number of hydrogen-bond donors (Lipinski definition) is 1. The van der Waals surface area contributed by atoms with E-state index in [9.17, 15) is 9.59 Å². The summed E-state index contributed by atoms with van der Waals surface area (Å²) in [5.41, 5.74) is 2.27. The van der Waals surface area contributed by atoms with E-state index in [1.54, 1.807) is 24.3 Å². The zero-order chi connectivity index (χ0) is 13.7. The molecule has 0 saturated heterocycles. The molecular formula is C15H13NO2S. The van der Waals surface area contributed by atoms with Crippen LogP contribution in [0.1, 0.15) is 26.3 Å². The van der Waals surface area contributed by atoms with Crippen LogP contribution in [-0.4, -0.2) is 12.2 Å². The van der Waals surface area contributed by atoms with Crippen LogP contribution in [0, 0.1) is 6.92 Å². The van der Waals surface area contributed by atoms with E-state index in [1.165, 1.54) is 17.5 Å². The molecule has 0 unspecified atom stereocenters. The van der Waals surface area contributed by atoms with Crippen molar-refractivity contribution in [2.75, 3.05) is 0 Å². The van der Waals surface area contributed by atoms with E-state index in [0.29, 0.717) is 11.1 Å². The number of rotatable bonds is 4. The molecule has 0 bridgehead atoms. The van der Waals surface area contributed by atoms with Crippen LogP contribution in [0.5, 0.6) is 0 Å². The van der Waals surface area contributed by atoms with E-state index in [-0.39, 0.29) is 5.91 Å². The fourth-order valence-corrected chi connectivity index (χ4v) is 2.08. The lowest BCUT2D eigenvalue weighted by Gasteiger charge is -2.04. The predicted octanol–water partition coefficient (Wildman–Crippen LogP) is 3.24. The maximum absolute atomic E-state index is 11.9. The SMILES string of the molecule is Cc1ccc(SNC(=O)c2ccc(C=O)cc2)cc1. The third kappa shape index (κ3) is 3.69. The first-order valence-corrected chi connectivity index (χ1v) is 6.60. The van der Waals surface area contributed by atoms with Crippen molar-refractivity contribution in [2.24, 2.45) is 0 Å². The standard InChI is InChI=1S/C15H13NO2S/c1-11-2-8-14(9-3-11)19-16-15(18)13-6-4-12(10-17)5-7-13/h2-10H,1H3,(H,16,18). The van der Waals surface area contributed by atoms with Gasteiger partial charge in [0.25, 0.3) is 5.91 Å². The van der Waals surface area contributed by atoms with Crippen molar-refractivity contribution < 1.29 is 9.59 Å². The summed E-state index contributed by atoms with van der Waals surface area (Å²) in [4.78, 5) is 23.4. The number of carbonyl (C=O) groups is 2. The summed E-state index contributed by atoms with van der Waals surface area (Å²) < 4.78 is 2.76. The minimum Gasteiger partial charge on any atom is -0.298 e. The highest BCUT2D eigenvalue weighted by molar-refractivity contribution is 7.98. The van der Waals surface area contributed by atoms with Crippen LogP contribution in [0.4, 0.5) is 0 Å². The molecule has 1 N–H and O–H groups in total. The van der Waals surface area contributed by atoms with Crippen LogP contribution in [0.3, 0.4) is 0 Å². The van der Waals surface area contributed by atoms with Crippen molar-refractivity contribution in [1.29, 1.82) is 0 Å². The normalized spacial score (nSPS) is 9.95. The molecule has 0 radical (unpaired) electrons. The maximum Gasteiger partial charge on any atom is 0.261 e. The van der Waals surface area contributed by atoms with Gasteiger partial charge in [-0.2, -0.15) is 0 Å². The van der Waals surface area contributed by atoms with Gasteiger partial charge in [-0.3, -0.25) is 14.3 Å². The Kier molecular flexibility index (Phi) is 4.36. The lowest BCUT2D eigenvalue weighted by molar-refractivity contribution is 0.0983. The highest BCUT2D eigenvalue weighted by Gasteiger charge is 2.05. The Hall–Kier alpha value is -2.07. The summed E-state index contributed by atoms with van der Waals surface area (Å²) in [6.07, 6.45) is 0.753. The zero-order valence-corrected chi connectivity index (χ0v) is 11.2. The second-order valence-corrected chi connectivity index (χ2v) is 4.97. The summed E-state index contributed by atoms with van der Waals surface area (Å²) in [5.74, 6) is -0.178. The van der Waals surface area contributed by atoms with Crippen LogP contribution in [0.25, 0.3) is 0 Å². The monoisotopic (exact) mass is 271 g/mol. The lowest BCUT2D eigenvalue weighted by Crippen LogP contribution is -2.15. The number of carbonyl (C=O) groups excluding carboxylic acids is 2. The number of amides is 1. The summed E-state index contributed by atoms with van der Waals surface area (Å²) in [6, 6.07) is 14.4. The van der Waals surface area contributed by atoms with E-state index in [2.05, 4.69) is 4.72 Å². The Bertz CT molecular complexity index is 576. The van der Waals surface area contributed by atoms with Gasteiger partial charge in [-0.05, 0) is 43.1 Å². The molecule has 0 aliphatic rings. The molecule has 96 valence electrons. The molecule has 0 atom stereocenters. The molecule has 0 fully saturated rings. The van der Waals surface area contributed by atoms with E-state index in [0.717, 1.165) is 11.2 Å². The van der Waals surface area contributed by atoms with E-state index in [4.69, 9.17) is 0 Å². The summed E-state index contributed by atoms with van der Waals surface area (Å²) >= 11 is 1.27. The first-order valence-electron chi connectivity index (χ1n) is 5.78. The predicted molar refractivity (Wildman–Crippen MR) is 76.3 cm³/mol. The molecule has 3 nitrogen and oxygen atoms in total. The number of hydrogen-bond acceptors (Lipinski definition) is 3. The summed E-state index contributed by atoms with van der Waals surface area (Å²) in [7, 11) is 0. The number of aldehydes is 1. The molecule has 2 aromatic carbocycles.